The van der Waals surface area contributed by atoms with E-state index in [1.165, 1.54) is 7.11 Å². The monoisotopic (exact) mass is 328 g/mol. The van der Waals surface area contributed by atoms with Gasteiger partial charge in [0.05, 0.1) is 18.2 Å². The Morgan fingerprint density at radius 3 is 2.79 bits per heavy atom. The maximum atomic E-state index is 11.9. The normalized spacial score (nSPS) is 10.7. The molecule has 1 heterocycles. The summed E-state index contributed by atoms with van der Waals surface area (Å²) in [6, 6.07) is 3.37. The molecule has 5 nitrogen and oxygen atoms in total. The molecule has 0 radical (unpaired) electrons. The van der Waals surface area contributed by atoms with Gasteiger partial charge < -0.3 is 19.0 Å². The number of esters is 1. The average molecular weight is 329 g/mol. The third-order valence-electron chi connectivity index (χ3n) is 2.66. The zero-order chi connectivity index (χ0) is 14.0. The zero-order valence-corrected chi connectivity index (χ0v) is 12.1. The van der Waals surface area contributed by atoms with Gasteiger partial charge in [0.1, 0.15) is 29.3 Å². The van der Waals surface area contributed by atoms with Crippen LogP contribution in [-0.2, 0) is 11.3 Å². The van der Waals surface area contributed by atoms with Crippen LogP contribution in [0.4, 0.5) is 0 Å². The number of aliphatic hydroxyl groups is 1. The first-order valence-corrected chi connectivity index (χ1v) is 6.48. The van der Waals surface area contributed by atoms with Crippen molar-refractivity contribution in [1.82, 2.24) is 0 Å². The Kier molecular flexibility index (Phi) is 4.11. The molecule has 0 atom stereocenters. The van der Waals surface area contributed by atoms with Gasteiger partial charge in [-0.25, -0.2) is 4.79 Å². The number of furan rings is 1. The van der Waals surface area contributed by atoms with Crippen molar-refractivity contribution in [2.24, 2.45) is 0 Å². The summed E-state index contributed by atoms with van der Waals surface area (Å²) in [6.07, 6.45) is 0. The Balaban J connectivity index is 2.68. The van der Waals surface area contributed by atoms with Gasteiger partial charge in [-0.05, 0) is 35.0 Å². The molecule has 1 aromatic carbocycles. The van der Waals surface area contributed by atoms with E-state index in [1.54, 1.807) is 19.1 Å². The number of rotatable bonds is 4. The molecule has 0 saturated carbocycles. The zero-order valence-electron chi connectivity index (χ0n) is 10.5. The predicted octanol–water partition coefficient (Wildman–Crippen LogP) is 2.87. The summed E-state index contributed by atoms with van der Waals surface area (Å²) in [7, 11) is 1.53. The molecule has 0 saturated heterocycles. The van der Waals surface area contributed by atoms with Crippen LogP contribution in [0, 0.1) is 0 Å². The highest BCUT2D eigenvalue weighted by atomic mass is 79.9. The molecular weight excluding hydrogens is 316 g/mol. The smallest absolute Gasteiger partial charge is 0.342 e. The molecule has 1 aromatic heterocycles. The maximum Gasteiger partial charge on any atom is 0.342 e. The third kappa shape index (κ3) is 2.46. The van der Waals surface area contributed by atoms with E-state index in [-0.39, 0.29) is 24.5 Å². The summed E-state index contributed by atoms with van der Waals surface area (Å²) in [5, 5.41) is 9.85. The highest BCUT2D eigenvalue weighted by molar-refractivity contribution is 9.10. The second-order valence-corrected chi connectivity index (χ2v) is 4.62. The minimum atomic E-state index is -0.519. The molecule has 6 heteroatoms. The Morgan fingerprint density at radius 2 is 2.21 bits per heavy atom. The average Bonchev–Trinajstić information content (AvgIpc) is 2.75. The Labute approximate surface area is 118 Å². The van der Waals surface area contributed by atoms with E-state index in [4.69, 9.17) is 13.9 Å². The molecule has 19 heavy (non-hydrogen) atoms. The fourth-order valence-corrected chi connectivity index (χ4v) is 2.33. The lowest BCUT2D eigenvalue weighted by Crippen LogP contribution is -2.06. The van der Waals surface area contributed by atoms with E-state index in [1.807, 2.05) is 0 Å². The van der Waals surface area contributed by atoms with Crippen molar-refractivity contribution in [1.29, 1.82) is 0 Å². The molecule has 0 bridgehead atoms. The number of hydrogen-bond acceptors (Lipinski definition) is 5. The maximum absolute atomic E-state index is 11.9. The molecule has 2 rings (SSSR count). The molecule has 1 N–H and O–H groups in total. The summed E-state index contributed by atoms with van der Waals surface area (Å²) in [5.74, 6) is 0.242. The highest BCUT2D eigenvalue weighted by Gasteiger charge is 2.22. The van der Waals surface area contributed by atoms with Crippen LogP contribution in [0.3, 0.4) is 0 Å². The molecule has 0 spiro atoms. The van der Waals surface area contributed by atoms with Crippen LogP contribution in [0.2, 0.25) is 0 Å². The number of hydrogen-bond donors (Lipinski definition) is 1. The van der Waals surface area contributed by atoms with Gasteiger partial charge >= 0.3 is 5.97 Å². The van der Waals surface area contributed by atoms with Crippen LogP contribution in [0.25, 0.3) is 11.0 Å². The van der Waals surface area contributed by atoms with Gasteiger partial charge in [-0.15, -0.1) is 0 Å². The molecule has 102 valence electrons. The number of halogens is 1. The van der Waals surface area contributed by atoms with E-state index in [9.17, 15) is 9.90 Å². The summed E-state index contributed by atoms with van der Waals surface area (Å²) >= 11 is 3.34. The first-order valence-electron chi connectivity index (χ1n) is 5.69. The fourth-order valence-electron chi connectivity index (χ4n) is 1.84. The lowest BCUT2D eigenvalue weighted by molar-refractivity contribution is 0.0522. The quantitative estimate of drug-likeness (QED) is 0.874. The second-order valence-electron chi connectivity index (χ2n) is 3.76. The van der Waals surface area contributed by atoms with Crippen molar-refractivity contribution < 1.29 is 23.8 Å². The van der Waals surface area contributed by atoms with Crippen molar-refractivity contribution in [3.63, 3.8) is 0 Å². The first kappa shape index (κ1) is 13.9. The van der Waals surface area contributed by atoms with Crippen LogP contribution in [0.15, 0.2) is 21.0 Å². The highest BCUT2D eigenvalue weighted by Crippen LogP contribution is 2.35. The Morgan fingerprint density at radius 1 is 1.47 bits per heavy atom. The van der Waals surface area contributed by atoms with Crippen molar-refractivity contribution in [2.75, 3.05) is 13.7 Å². The van der Waals surface area contributed by atoms with Gasteiger partial charge in [-0.2, -0.15) is 0 Å². The number of ether oxygens (including phenoxy) is 2. The molecule has 0 fully saturated rings. The number of carbonyl (C=O) groups is 1. The van der Waals surface area contributed by atoms with E-state index in [0.717, 1.165) is 0 Å². The molecule has 0 aliphatic rings. The van der Waals surface area contributed by atoms with Crippen molar-refractivity contribution in [3.8, 4) is 5.75 Å². The van der Waals surface area contributed by atoms with Gasteiger partial charge in [-0.3, -0.25) is 0 Å². The second kappa shape index (κ2) is 5.63. The van der Waals surface area contributed by atoms with Crippen LogP contribution < -0.4 is 4.74 Å². The molecule has 0 amide bonds. The number of benzene rings is 1. The van der Waals surface area contributed by atoms with Gasteiger partial charge in [-0.1, -0.05) is 0 Å². The largest absolute Gasteiger partial charge is 0.496 e. The van der Waals surface area contributed by atoms with Crippen molar-refractivity contribution in [3.05, 3.63) is 27.9 Å². The van der Waals surface area contributed by atoms with Gasteiger partial charge in [0.2, 0.25) is 0 Å². The third-order valence-corrected chi connectivity index (χ3v) is 3.28. The predicted molar refractivity (Wildman–Crippen MR) is 72.3 cm³/mol. The number of fused-ring (bicyclic) bond motifs is 1. The number of carbonyl (C=O) groups excluding carboxylic acids is 1. The summed E-state index contributed by atoms with van der Waals surface area (Å²) in [5.41, 5.74) is 0.727. The SMILES string of the molecule is CCOC(=O)c1c(CO)oc2cc(Br)c(OC)cc12. The van der Waals surface area contributed by atoms with E-state index in [0.29, 0.717) is 21.2 Å². The van der Waals surface area contributed by atoms with Crippen molar-refractivity contribution >= 4 is 32.9 Å². The molecule has 0 unspecified atom stereocenters. The minimum absolute atomic E-state index is 0.189. The minimum Gasteiger partial charge on any atom is -0.496 e. The topological polar surface area (TPSA) is 68.9 Å². The van der Waals surface area contributed by atoms with Crippen LogP contribution in [0.1, 0.15) is 23.0 Å². The summed E-state index contributed by atoms with van der Waals surface area (Å²) in [6.45, 7) is 1.60. The van der Waals surface area contributed by atoms with Crippen LogP contribution in [-0.4, -0.2) is 24.8 Å². The van der Waals surface area contributed by atoms with E-state index < -0.39 is 5.97 Å². The standard InChI is InChI=1S/C13H13BrO5/c1-3-18-13(16)12-7-4-10(17-2)8(14)5-9(7)19-11(12)6-15/h4-5,15H,3,6H2,1-2H3. The Hall–Kier alpha value is -1.53. The van der Waals surface area contributed by atoms with Crippen LogP contribution >= 0.6 is 15.9 Å². The lowest BCUT2D eigenvalue weighted by atomic mass is 10.1. The van der Waals surface area contributed by atoms with E-state index >= 15 is 0 Å². The van der Waals surface area contributed by atoms with E-state index in [2.05, 4.69) is 15.9 Å². The van der Waals surface area contributed by atoms with Gasteiger partial charge in [0.15, 0.2) is 0 Å². The number of aliphatic hydroxyl groups excluding tert-OH is 1. The lowest BCUT2D eigenvalue weighted by Gasteiger charge is -2.04. The van der Waals surface area contributed by atoms with Gasteiger partial charge in [0, 0.05) is 5.39 Å². The fraction of sp³-hybridized carbons (Fsp3) is 0.308. The molecule has 0 aliphatic carbocycles. The van der Waals surface area contributed by atoms with Crippen molar-refractivity contribution in [2.45, 2.75) is 13.5 Å². The number of methoxy groups -OCH3 is 1. The molecule has 2 aromatic rings. The summed E-state index contributed by atoms with van der Waals surface area (Å²) < 4.78 is 16.3. The first-order chi connectivity index (χ1) is 9.12. The van der Waals surface area contributed by atoms with Crippen LogP contribution in [0.5, 0.6) is 5.75 Å². The molecule has 0 aliphatic heterocycles. The summed E-state index contributed by atoms with van der Waals surface area (Å²) in [4.78, 5) is 11.9. The Bertz CT molecular complexity index is 617. The van der Waals surface area contributed by atoms with Gasteiger partial charge in [0.25, 0.3) is 0 Å². The molecular formula is C13H13BrO5.